The number of aromatic hydroxyl groups is 1. The van der Waals surface area contributed by atoms with Crippen molar-refractivity contribution >= 4 is 38.9 Å². The molecule has 2 atom stereocenters. The lowest BCUT2D eigenvalue weighted by molar-refractivity contribution is -0.123. The van der Waals surface area contributed by atoms with Gasteiger partial charge in [-0.2, -0.15) is 0 Å². The first-order chi connectivity index (χ1) is 16.5. The fraction of sp³-hybridized carbons (Fsp3) is 0.308. The monoisotopic (exact) mass is 495 g/mol. The first-order valence-electron chi connectivity index (χ1n) is 11.4. The van der Waals surface area contributed by atoms with E-state index in [2.05, 4.69) is 5.32 Å². The third kappa shape index (κ3) is 4.43. The maximum atomic E-state index is 14.1. The molecule has 0 bridgehead atoms. The van der Waals surface area contributed by atoms with Gasteiger partial charge in [0.05, 0.1) is 28.4 Å². The van der Waals surface area contributed by atoms with Gasteiger partial charge in [0.15, 0.2) is 0 Å². The standard InChI is InChI=1S/C26H29N3O5S/c1-16-13-17(2)25(18(3)14-16)35(33,34)29-20-10-6-5-9-19(20)27-26(32)22(29)15-24(31)28(4)21-11-7-8-12-23(21)30/h5-13,16,22,30H,14-15H2,1-4H3,(H,27,32). The third-order valence-corrected chi connectivity index (χ3v) is 8.55. The van der Waals surface area contributed by atoms with Crippen LogP contribution in [0.4, 0.5) is 17.1 Å². The molecule has 184 valence electrons. The molecule has 0 saturated heterocycles. The number of hydrogen-bond acceptors (Lipinski definition) is 5. The zero-order chi connectivity index (χ0) is 25.5. The van der Waals surface area contributed by atoms with Gasteiger partial charge in [-0.3, -0.25) is 13.9 Å². The number of allylic oxidation sites excluding steroid dienone is 3. The SMILES string of the molecule is CC1=CC(C)CC(C)=C1S(=O)(=O)N1c2ccccc2NC(=O)C1CC(=O)N(C)c1ccccc1O. The Kier molecular flexibility index (Phi) is 6.46. The van der Waals surface area contributed by atoms with Crippen LogP contribution in [0.5, 0.6) is 5.75 Å². The van der Waals surface area contributed by atoms with E-state index in [1.54, 1.807) is 56.3 Å². The first kappa shape index (κ1) is 24.5. The summed E-state index contributed by atoms with van der Waals surface area (Å²) in [5.74, 6) is -0.989. The van der Waals surface area contributed by atoms with Gasteiger partial charge in [-0.1, -0.05) is 42.8 Å². The van der Waals surface area contributed by atoms with Crippen molar-refractivity contribution in [2.45, 2.75) is 39.7 Å². The number of sulfonamides is 1. The van der Waals surface area contributed by atoms with Gasteiger partial charge in [0.25, 0.3) is 10.0 Å². The Bertz CT molecular complexity index is 1360. The van der Waals surface area contributed by atoms with Crippen LogP contribution >= 0.6 is 0 Å². The number of para-hydroxylation sites is 4. The summed E-state index contributed by atoms with van der Waals surface area (Å²) in [7, 11) is -2.70. The highest BCUT2D eigenvalue weighted by Gasteiger charge is 2.44. The molecule has 2 aromatic carbocycles. The molecule has 8 nitrogen and oxygen atoms in total. The van der Waals surface area contributed by atoms with Crippen molar-refractivity contribution in [1.82, 2.24) is 0 Å². The molecule has 2 N–H and O–H groups in total. The second kappa shape index (κ2) is 9.22. The number of hydrogen-bond donors (Lipinski definition) is 2. The highest BCUT2D eigenvalue weighted by Crippen LogP contribution is 2.41. The summed E-state index contributed by atoms with van der Waals surface area (Å²) in [5.41, 5.74) is 2.28. The topological polar surface area (TPSA) is 107 Å². The number of anilines is 3. The third-order valence-electron chi connectivity index (χ3n) is 6.40. The zero-order valence-electron chi connectivity index (χ0n) is 20.1. The summed E-state index contributed by atoms with van der Waals surface area (Å²) in [4.78, 5) is 27.9. The Morgan fingerprint density at radius 1 is 1.14 bits per heavy atom. The number of nitrogens with one attached hydrogen (secondary N) is 1. The van der Waals surface area contributed by atoms with Crippen molar-refractivity contribution in [3.8, 4) is 5.75 Å². The zero-order valence-corrected chi connectivity index (χ0v) is 21.0. The molecule has 2 unspecified atom stereocenters. The quantitative estimate of drug-likeness (QED) is 0.648. The Labute approximate surface area is 205 Å². The number of amides is 2. The molecule has 1 aliphatic carbocycles. The molecule has 0 radical (unpaired) electrons. The Hall–Kier alpha value is -3.59. The summed E-state index contributed by atoms with van der Waals surface area (Å²) in [5, 5.41) is 12.9. The minimum absolute atomic E-state index is 0.0934. The fourth-order valence-electron chi connectivity index (χ4n) is 4.91. The normalized spacial score (nSPS) is 20.2. The van der Waals surface area contributed by atoms with Crippen LogP contribution in [0.25, 0.3) is 0 Å². The number of nitrogens with zero attached hydrogens (tertiary/aromatic N) is 2. The Balaban J connectivity index is 1.79. The molecular weight excluding hydrogens is 466 g/mol. The van der Waals surface area contributed by atoms with Gasteiger partial charge in [0.2, 0.25) is 11.8 Å². The molecule has 2 aliphatic rings. The lowest BCUT2D eigenvalue weighted by Crippen LogP contribution is -2.53. The van der Waals surface area contributed by atoms with Crippen LogP contribution in [0.1, 0.15) is 33.6 Å². The summed E-state index contributed by atoms with van der Waals surface area (Å²) >= 11 is 0. The number of carbonyl (C=O) groups excluding carboxylic acids is 2. The predicted octanol–water partition coefficient (Wildman–Crippen LogP) is 4.16. The van der Waals surface area contributed by atoms with Crippen LogP contribution in [0.15, 0.2) is 70.7 Å². The van der Waals surface area contributed by atoms with E-state index < -0.39 is 34.3 Å². The molecule has 0 spiro atoms. The van der Waals surface area contributed by atoms with Gasteiger partial charge >= 0.3 is 0 Å². The first-order valence-corrected chi connectivity index (χ1v) is 12.8. The van der Waals surface area contributed by atoms with Gasteiger partial charge in [-0.25, -0.2) is 8.42 Å². The van der Waals surface area contributed by atoms with E-state index in [0.717, 1.165) is 9.88 Å². The fourth-order valence-corrected chi connectivity index (χ4v) is 7.03. The van der Waals surface area contributed by atoms with E-state index in [4.69, 9.17) is 0 Å². The van der Waals surface area contributed by atoms with Gasteiger partial charge in [0, 0.05) is 7.05 Å². The van der Waals surface area contributed by atoms with E-state index in [0.29, 0.717) is 23.4 Å². The van der Waals surface area contributed by atoms with E-state index in [9.17, 15) is 23.1 Å². The smallest absolute Gasteiger partial charge is 0.265 e. The van der Waals surface area contributed by atoms with Crippen molar-refractivity contribution in [2.24, 2.45) is 5.92 Å². The molecule has 35 heavy (non-hydrogen) atoms. The molecule has 0 aromatic heterocycles. The van der Waals surface area contributed by atoms with Crippen LogP contribution in [0.3, 0.4) is 0 Å². The van der Waals surface area contributed by atoms with Crippen LogP contribution in [0, 0.1) is 5.92 Å². The Morgan fingerprint density at radius 3 is 2.49 bits per heavy atom. The lowest BCUT2D eigenvalue weighted by Gasteiger charge is -2.38. The van der Waals surface area contributed by atoms with Crippen molar-refractivity contribution < 1.29 is 23.1 Å². The molecule has 2 amide bonds. The lowest BCUT2D eigenvalue weighted by atomic mass is 9.93. The average Bonchev–Trinajstić information content (AvgIpc) is 2.78. The number of fused-ring (bicyclic) bond motifs is 1. The molecule has 1 heterocycles. The highest BCUT2D eigenvalue weighted by molar-refractivity contribution is 7.97. The maximum absolute atomic E-state index is 14.1. The number of carbonyl (C=O) groups is 2. The molecule has 9 heteroatoms. The number of rotatable bonds is 5. The molecule has 1 aliphatic heterocycles. The second-order valence-corrected chi connectivity index (χ2v) is 10.9. The van der Waals surface area contributed by atoms with Crippen molar-refractivity contribution in [2.75, 3.05) is 21.6 Å². The van der Waals surface area contributed by atoms with Crippen molar-refractivity contribution in [3.63, 3.8) is 0 Å². The molecule has 0 fully saturated rings. The number of phenolic OH excluding ortho intramolecular Hbond substituents is 1. The summed E-state index contributed by atoms with van der Waals surface area (Å²) in [6, 6.07) is 11.7. The molecule has 2 aromatic rings. The molecular formula is C26H29N3O5S. The van der Waals surface area contributed by atoms with E-state index in [1.165, 1.54) is 18.0 Å². The highest BCUT2D eigenvalue weighted by atomic mass is 32.2. The molecule has 4 rings (SSSR count). The van der Waals surface area contributed by atoms with Crippen LogP contribution < -0.4 is 14.5 Å². The molecule has 0 saturated carbocycles. The van der Waals surface area contributed by atoms with Crippen LogP contribution in [-0.4, -0.2) is 38.4 Å². The van der Waals surface area contributed by atoms with Crippen molar-refractivity contribution in [3.05, 3.63) is 70.7 Å². The predicted molar refractivity (Wildman–Crippen MR) is 137 cm³/mol. The van der Waals surface area contributed by atoms with Crippen LogP contribution in [-0.2, 0) is 19.6 Å². The van der Waals surface area contributed by atoms with Gasteiger partial charge < -0.3 is 15.3 Å². The van der Waals surface area contributed by atoms with E-state index in [-0.39, 0.29) is 22.3 Å². The minimum Gasteiger partial charge on any atom is -0.506 e. The van der Waals surface area contributed by atoms with Gasteiger partial charge in [0.1, 0.15) is 11.8 Å². The van der Waals surface area contributed by atoms with Crippen molar-refractivity contribution in [1.29, 1.82) is 0 Å². The number of benzene rings is 2. The second-order valence-electron chi connectivity index (χ2n) is 9.11. The van der Waals surface area contributed by atoms with E-state index >= 15 is 0 Å². The van der Waals surface area contributed by atoms with E-state index in [1.807, 2.05) is 13.0 Å². The summed E-state index contributed by atoms with van der Waals surface area (Å²) < 4.78 is 29.4. The average molecular weight is 496 g/mol. The Morgan fingerprint density at radius 2 is 1.80 bits per heavy atom. The van der Waals surface area contributed by atoms with Crippen LogP contribution in [0.2, 0.25) is 0 Å². The number of phenols is 1. The largest absolute Gasteiger partial charge is 0.506 e. The minimum atomic E-state index is -4.18. The summed E-state index contributed by atoms with van der Waals surface area (Å²) in [6.07, 6.45) is 2.10. The maximum Gasteiger partial charge on any atom is 0.265 e. The van der Waals surface area contributed by atoms with Gasteiger partial charge in [-0.15, -0.1) is 0 Å². The summed E-state index contributed by atoms with van der Waals surface area (Å²) in [6.45, 7) is 5.58. The van der Waals surface area contributed by atoms with Gasteiger partial charge in [-0.05, 0) is 56.0 Å².